The highest BCUT2D eigenvalue weighted by Crippen LogP contribution is 2.44. The quantitative estimate of drug-likeness (QED) is 0.425. The number of ether oxygens (including phenoxy) is 1. The summed E-state index contributed by atoms with van der Waals surface area (Å²) in [5.74, 6) is 0.943. The Balaban J connectivity index is 1.78. The van der Waals surface area contributed by atoms with Crippen molar-refractivity contribution in [3.05, 3.63) is 120 Å². The molecule has 26 heavy (non-hydrogen) atoms. The lowest BCUT2D eigenvalue weighted by molar-refractivity contribution is 0.163. The molecule has 1 nitrogen and oxygen atoms in total. The van der Waals surface area contributed by atoms with Crippen LogP contribution in [0.1, 0.15) is 16.7 Å². The Labute approximate surface area is 153 Å². The van der Waals surface area contributed by atoms with Crippen molar-refractivity contribution in [1.29, 1.82) is 0 Å². The fourth-order valence-electron chi connectivity index (χ4n) is 3.76. The molecule has 0 saturated carbocycles. The van der Waals surface area contributed by atoms with E-state index in [1.807, 2.05) is 12.1 Å². The average molecular weight is 334 g/mol. The number of fused-ring (bicyclic) bond motifs is 3. The van der Waals surface area contributed by atoms with Crippen LogP contribution in [-0.4, -0.2) is 0 Å². The topological polar surface area (TPSA) is 9.23 Å². The molecule has 1 heterocycles. The molecule has 4 aromatic rings. The highest BCUT2D eigenvalue weighted by atomic mass is 16.5. The van der Waals surface area contributed by atoms with Crippen LogP contribution in [0.2, 0.25) is 0 Å². The first-order chi connectivity index (χ1) is 12.9. The largest absolute Gasteiger partial charge is 0.472 e. The minimum Gasteiger partial charge on any atom is -0.472 e. The molecule has 0 radical (unpaired) electrons. The second-order valence-corrected chi connectivity index (χ2v) is 6.61. The van der Waals surface area contributed by atoms with E-state index < -0.39 is 5.60 Å². The molecule has 5 rings (SSSR count). The lowest BCUT2D eigenvalue weighted by atomic mass is 9.83. The van der Waals surface area contributed by atoms with E-state index in [4.69, 9.17) is 4.74 Å². The van der Waals surface area contributed by atoms with E-state index in [1.165, 1.54) is 5.39 Å². The van der Waals surface area contributed by atoms with E-state index in [9.17, 15) is 0 Å². The van der Waals surface area contributed by atoms with Gasteiger partial charge in [-0.05, 0) is 11.5 Å². The normalized spacial score (nSPS) is 14.6. The van der Waals surface area contributed by atoms with E-state index in [0.717, 1.165) is 27.8 Å². The molecule has 0 atom stereocenters. The summed E-state index contributed by atoms with van der Waals surface area (Å²) in [5.41, 5.74) is 2.74. The van der Waals surface area contributed by atoms with Crippen LogP contribution in [0, 0.1) is 0 Å². The summed E-state index contributed by atoms with van der Waals surface area (Å²) in [6, 6.07) is 33.5. The number of hydrogen-bond acceptors (Lipinski definition) is 1. The van der Waals surface area contributed by atoms with Gasteiger partial charge in [0.05, 0.1) is 0 Å². The maximum Gasteiger partial charge on any atom is 0.178 e. The smallest absolute Gasteiger partial charge is 0.178 e. The fraction of sp³-hybridized carbons (Fsp3) is 0.0400. The van der Waals surface area contributed by atoms with Gasteiger partial charge in [-0.3, -0.25) is 0 Å². The van der Waals surface area contributed by atoms with Gasteiger partial charge >= 0.3 is 0 Å². The third kappa shape index (κ3) is 2.25. The number of benzene rings is 4. The maximum atomic E-state index is 6.82. The van der Waals surface area contributed by atoms with Crippen molar-refractivity contribution < 1.29 is 4.74 Å². The highest BCUT2D eigenvalue weighted by Gasteiger charge is 2.37. The van der Waals surface area contributed by atoms with Gasteiger partial charge in [-0.15, -0.1) is 0 Å². The molecular formula is C25H18O. The van der Waals surface area contributed by atoms with Crippen LogP contribution < -0.4 is 4.74 Å². The fourth-order valence-corrected chi connectivity index (χ4v) is 3.76. The first-order valence-electron chi connectivity index (χ1n) is 8.88. The predicted molar refractivity (Wildman–Crippen MR) is 107 cm³/mol. The first kappa shape index (κ1) is 15.0. The molecule has 0 spiro atoms. The van der Waals surface area contributed by atoms with Crippen LogP contribution in [0.5, 0.6) is 5.75 Å². The van der Waals surface area contributed by atoms with Gasteiger partial charge in [0.15, 0.2) is 5.60 Å². The van der Waals surface area contributed by atoms with Crippen LogP contribution in [-0.2, 0) is 5.60 Å². The van der Waals surface area contributed by atoms with Gasteiger partial charge in [0.1, 0.15) is 5.75 Å². The Morgan fingerprint density at radius 3 is 1.88 bits per heavy atom. The van der Waals surface area contributed by atoms with Crippen LogP contribution >= 0.6 is 0 Å². The molecular weight excluding hydrogens is 316 g/mol. The minimum atomic E-state index is -0.625. The molecule has 0 saturated heterocycles. The van der Waals surface area contributed by atoms with Gasteiger partial charge in [0, 0.05) is 22.1 Å². The van der Waals surface area contributed by atoms with Crippen LogP contribution in [0.25, 0.3) is 16.8 Å². The van der Waals surface area contributed by atoms with Crippen molar-refractivity contribution in [3.8, 4) is 5.75 Å². The van der Waals surface area contributed by atoms with E-state index in [0.29, 0.717) is 0 Å². The maximum absolute atomic E-state index is 6.82. The Morgan fingerprint density at radius 2 is 1.19 bits per heavy atom. The van der Waals surface area contributed by atoms with E-state index in [2.05, 4.69) is 97.1 Å². The van der Waals surface area contributed by atoms with Gasteiger partial charge in [0.2, 0.25) is 0 Å². The average Bonchev–Trinajstić information content (AvgIpc) is 2.74. The SMILES string of the molecule is C1=CC(c2ccccc2)(c2ccccc2)Oc2c1ccc1ccccc21. The Bertz CT molecular complexity index is 1060. The van der Waals surface area contributed by atoms with Crippen molar-refractivity contribution in [2.45, 2.75) is 5.60 Å². The van der Waals surface area contributed by atoms with Crippen LogP contribution in [0.3, 0.4) is 0 Å². The molecule has 0 N–H and O–H groups in total. The molecule has 0 amide bonds. The second kappa shape index (κ2) is 5.89. The van der Waals surface area contributed by atoms with E-state index in [-0.39, 0.29) is 0 Å². The van der Waals surface area contributed by atoms with Gasteiger partial charge in [-0.25, -0.2) is 0 Å². The lowest BCUT2D eigenvalue weighted by Crippen LogP contribution is -2.34. The molecule has 0 aromatic heterocycles. The number of rotatable bonds is 2. The summed E-state index contributed by atoms with van der Waals surface area (Å²) in [7, 11) is 0. The van der Waals surface area contributed by atoms with Crippen molar-refractivity contribution in [3.63, 3.8) is 0 Å². The third-order valence-electron chi connectivity index (χ3n) is 5.08. The van der Waals surface area contributed by atoms with Crippen LogP contribution in [0.15, 0.2) is 103 Å². The monoisotopic (exact) mass is 334 g/mol. The molecule has 0 aliphatic carbocycles. The van der Waals surface area contributed by atoms with Gasteiger partial charge < -0.3 is 4.74 Å². The highest BCUT2D eigenvalue weighted by molar-refractivity contribution is 5.92. The summed E-state index contributed by atoms with van der Waals surface area (Å²) in [5, 5.41) is 2.34. The summed E-state index contributed by atoms with van der Waals surface area (Å²) in [6.07, 6.45) is 4.36. The predicted octanol–water partition coefficient (Wildman–Crippen LogP) is 6.19. The summed E-state index contributed by atoms with van der Waals surface area (Å²) in [6.45, 7) is 0. The summed E-state index contributed by atoms with van der Waals surface area (Å²) >= 11 is 0. The molecule has 0 fully saturated rings. The van der Waals surface area contributed by atoms with Crippen LogP contribution in [0.4, 0.5) is 0 Å². The summed E-state index contributed by atoms with van der Waals surface area (Å²) in [4.78, 5) is 0. The zero-order valence-corrected chi connectivity index (χ0v) is 14.3. The Kier molecular flexibility index (Phi) is 3.39. The Hall–Kier alpha value is -3.32. The number of hydrogen-bond donors (Lipinski definition) is 0. The van der Waals surface area contributed by atoms with Gasteiger partial charge in [-0.2, -0.15) is 0 Å². The molecule has 4 aromatic carbocycles. The van der Waals surface area contributed by atoms with Crippen molar-refractivity contribution in [2.24, 2.45) is 0 Å². The second-order valence-electron chi connectivity index (χ2n) is 6.61. The van der Waals surface area contributed by atoms with Crippen molar-refractivity contribution in [1.82, 2.24) is 0 Å². The zero-order chi connectivity index (χ0) is 17.4. The molecule has 0 bridgehead atoms. The van der Waals surface area contributed by atoms with E-state index >= 15 is 0 Å². The van der Waals surface area contributed by atoms with Crippen molar-refractivity contribution >= 4 is 16.8 Å². The molecule has 1 heteroatoms. The standard InChI is InChI=1S/C25H18O/c1-3-10-21(11-4-1)25(22-12-5-2-6-13-22)18-17-20-16-15-19-9-7-8-14-23(19)24(20)26-25/h1-18H. The molecule has 1 aliphatic rings. The van der Waals surface area contributed by atoms with E-state index in [1.54, 1.807) is 0 Å². The van der Waals surface area contributed by atoms with Gasteiger partial charge in [-0.1, -0.05) is 103 Å². The first-order valence-corrected chi connectivity index (χ1v) is 8.88. The third-order valence-corrected chi connectivity index (χ3v) is 5.08. The molecule has 1 aliphatic heterocycles. The van der Waals surface area contributed by atoms with Gasteiger partial charge in [0.25, 0.3) is 0 Å². The zero-order valence-electron chi connectivity index (χ0n) is 14.3. The molecule has 124 valence electrons. The summed E-state index contributed by atoms with van der Waals surface area (Å²) < 4.78 is 6.82. The minimum absolute atomic E-state index is 0.625. The Morgan fingerprint density at radius 1 is 0.577 bits per heavy atom. The van der Waals surface area contributed by atoms with Crippen molar-refractivity contribution in [2.75, 3.05) is 0 Å². The molecule has 0 unspecified atom stereocenters. The lowest BCUT2D eigenvalue weighted by Gasteiger charge is -2.36.